The summed E-state index contributed by atoms with van der Waals surface area (Å²) in [5.74, 6) is 2.60. The molecular formula is C7H8N5S+. The lowest BCUT2D eigenvalue weighted by atomic mass is 10.9. The van der Waals surface area contributed by atoms with Gasteiger partial charge in [0, 0.05) is 11.9 Å². The molecule has 0 radical (unpaired) electrons. The number of hydrazone groups is 1. The van der Waals surface area contributed by atoms with Gasteiger partial charge < -0.3 is 0 Å². The molecule has 0 amide bonds. The van der Waals surface area contributed by atoms with E-state index in [-0.39, 0.29) is 0 Å². The smallest absolute Gasteiger partial charge is 0.241 e. The van der Waals surface area contributed by atoms with Gasteiger partial charge in [0.1, 0.15) is 6.20 Å². The number of rotatable bonds is 4. The Morgan fingerprint density at radius 3 is 3.31 bits per heavy atom. The van der Waals surface area contributed by atoms with Gasteiger partial charge in [0.25, 0.3) is 6.34 Å². The molecule has 66 valence electrons. The quantitative estimate of drug-likeness (QED) is 0.308. The summed E-state index contributed by atoms with van der Waals surface area (Å²) >= 11 is 1.22. The Hall–Kier alpha value is -1.65. The topological polar surface area (TPSA) is 52.1 Å². The van der Waals surface area contributed by atoms with E-state index in [2.05, 4.69) is 32.3 Å². The number of nitrogens with one attached hydrogen (secondary N) is 1. The molecule has 5 nitrogen and oxygen atoms in total. The maximum Gasteiger partial charge on any atom is 0.257 e. The minimum absolute atomic E-state index is 1.22. The van der Waals surface area contributed by atoms with Crippen molar-refractivity contribution in [2.24, 2.45) is 14.4 Å². The van der Waals surface area contributed by atoms with Crippen LogP contribution in [0.3, 0.4) is 0 Å². The number of nitrogens with zero attached hydrogens (tertiary/aromatic N) is 4. The maximum atomic E-state index is 3.87. The van der Waals surface area contributed by atoms with E-state index in [1.54, 1.807) is 16.3 Å². The molecule has 0 saturated heterocycles. The minimum atomic E-state index is 1.22. The van der Waals surface area contributed by atoms with Crippen molar-refractivity contribution in [3.05, 3.63) is 18.2 Å². The summed E-state index contributed by atoms with van der Waals surface area (Å²) in [4.78, 5) is 7.62. The zero-order valence-electron chi connectivity index (χ0n) is 6.79. The van der Waals surface area contributed by atoms with E-state index in [1.165, 1.54) is 31.0 Å². The van der Waals surface area contributed by atoms with Crippen molar-refractivity contribution < 1.29 is 4.68 Å². The Bertz CT molecular complexity index is 322. The van der Waals surface area contributed by atoms with Crippen LogP contribution in [0.5, 0.6) is 0 Å². The molecule has 0 bridgehead atoms. The average molecular weight is 194 g/mol. The van der Waals surface area contributed by atoms with Crippen molar-refractivity contribution in [1.82, 2.24) is 5.43 Å². The molecule has 1 aliphatic heterocycles. The summed E-state index contributed by atoms with van der Waals surface area (Å²) in [6.45, 7) is 3.49. The summed E-state index contributed by atoms with van der Waals surface area (Å²) in [7, 11) is 0. The van der Waals surface area contributed by atoms with Gasteiger partial charge in [0.15, 0.2) is 6.34 Å². The van der Waals surface area contributed by atoms with Crippen molar-refractivity contribution in [2.75, 3.05) is 0 Å². The zero-order chi connectivity index (χ0) is 9.36. The van der Waals surface area contributed by atoms with Gasteiger partial charge in [-0.2, -0.15) is 4.40 Å². The first-order valence-corrected chi connectivity index (χ1v) is 4.24. The van der Waals surface area contributed by atoms with Crippen molar-refractivity contribution in [3.63, 3.8) is 0 Å². The highest BCUT2D eigenvalue weighted by atomic mass is 32.2. The Labute approximate surface area is 80.1 Å². The fraction of sp³-hybridized carbons (Fsp3) is 0. The third-order valence-electron chi connectivity index (χ3n) is 0.975. The zero-order valence-corrected chi connectivity index (χ0v) is 7.61. The molecule has 1 heterocycles. The largest absolute Gasteiger partial charge is 0.257 e. The van der Waals surface area contributed by atoms with Crippen molar-refractivity contribution in [2.45, 2.75) is 0 Å². The van der Waals surface area contributed by atoms with Gasteiger partial charge in [-0.3, -0.25) is 0 Å². The maximum absolute atomic E-state index is 3.87. The van der Waals surface area contributed by atoms with Crippen LogP contribution in [0.2, 0.25) is 0 Å². The van der Waals surface area contributed by atoms with Crippen LogP contribution < -0.4 is 5.43 Å². The van der Waals surface area contributed by atoms with Crippen LogP contribution in [0, 0.1) is 0 Å². The van der Waals surface area contributed by atoms with Crippen molar-refractivity contribution in [1.29, 1.82) is 0 Å². The first-order valence-electron chi connectivity index (χ1n) is 3.40. The molecule has 0 atom stereocenters. The normalized spacial score (nSPS) is 14.9. The van der Waals surface area contributed by atoms with Crippen LogP contribution in [0.15, 0.2) is 32.6 Å². The molecule has 1 rings (SSSR count). The molecular weight excluding hydrogens is 186 g/mol. The highest BCUT2D eigenvalue weighted by Gasteiger charge is 1.92. The van der Waals surface area contributed by atoms with Crippen LogP contribution in [-0.2, 0) is 0 Å². The van der Waals surface area contributed by atoms with Gasteiger partial charge in [0.2, 0.25) is 6.34 Å². The summed E-state index contributed by atoms with van der Waals surface area (Å²) in [6.07, 6.45) is 6.07. The van der Waals surface area contributed by atoms with Gasteiger partial charge in [-0.1, -0.05) is 16.6 Å². The molecule has 0 aromatic carbocycles. The number of hydrazine groups is 1. The highest BCUT2D eigenvalue weighted by molar-refractivity contribution is 8.00. The fourth-order valence-corrected chi connectivity index (χ4v) is 0.727. The van der Waals surface area contributed by atoms with Gasteiger partial charge in [0.05, 0.1) is 5.87 Å². The second kappa shape index (κ2) is 5.93. The Morgan fingerprint density at radius 2 is 2.62 bits per heavy atom. The van der Waals surface area contributed by atoms with Crippen molar-refractivity contribution >= 4 is 36.8 Å². The molecule has 0 spiro atoms. The summed E-state index contributed by atoms with van der Waals surface area (Å²) in [5, 5.41) is 1.62. The van der Waals surface area contributed by atoms with Crippen LogP contribution >= 0.6 is 11.9 Å². The molecule has 0 aliphatic carbocycles. The standard InChI is InChI=1S/C7H8N5S/c1-2-13-11-5-9-7-12-6-8-3-4-10-12/h2,4-7,10H,1H2/q+1. The average Bonchev–Trinajstić information content (AvgIpc) is 2.19. The number of hydrogen-bond donors (Lipinski definition) is 1. The van der Waals surface area contributed by atoms with Crippen LogP contribution in [-0.4, -0.2) is 29.6 Å². The van der Waals surface area contributed by atoms with Crippen LogP contribution in [0.1, 0.15) is 0 Å². The monoisotopic (exact) mass is 194 g/mol. The third-order valence-corrected chi connectivity index (χ3v) is 1.34. The van der Waals surface area contributed by atoms with Gasteiger partial charge in [-0.25, -0.2) is 5.43 Å². The van der Waals surface area contributed by atoms with E-state index < -0.39 is 0 Å². The number of aliphatic imine (C=N–C) groups is 2. The highest BCUT2D eigenvalue weighted by Crippen LogP contribution is 1.98. The predicted octanol–water partition coefficient (Wildman–Crippen LogP) is 0.577. The Morgan fingerprint density at radius 1 is 1.69 bits per heavy atom. The van der Waals surface area contributed by atoms with E-state index in [9.17, 15) is 0 Å². The Kier molecular flexibility index (Phi) is 4.31. The van der Waals surface area contributed by atoms with E-state index in [4.69, 9.17) is 0 Å². The molecule has 0 saturated carbocycles. The van der Waals surface area contributed by atoms with Gasteiger partial charge >= 0.3 is 0 Å². The summed E-state index contributed by atoms with van der Waals surface area (Å²) in [5.41, 5.74) is 2.82. The first-order chi connectivity index (χ1) is 6.43. The molecule has 0 aromatic rings. The van der Waals surface area contributed by atoms with E-state index in [1.807, 2.05) is 0 Å². The second-order valence-corrected chi connectivity index (χ2v) is 2.57. The fourth-order valence-electron chi connectivity index (χ4n) is 0.532. The molecule has 6 heteroatoms. The van der Waals surface area contributed by atoms with Crippen LogP contribution in [0.25, 0.3) is 0 Å². The SMILES string of the molecule is C=CSN=CN=C[N+]1=CN=C=CN1. The molecule has 13 heavy (non-hydrogen) atoms. The lowest BCUT2D eigenvalue weighted by molar-refractivity contribution is -0.451. The minimum Gasteiger partial charge on any atom is -0.241 e. The summed E-state index contributed by atoms with van der Waals surface area (Å²) in [6, 6.07) is 0. The van der Waals surface area contributed by atoms with Crippen molar-refractivity contribution in [3.8, 4) is 0 Å². The predicted molar refractivity (Wildman–Crippen MR) is 56.2 cm³/mol. The lowest BCUT2D eigenvalue weighted by Gasteiger charge is -1.95. The molecule has 0 aromatic heterocycles. The summed E-state index contributed by atoms with van der Waals surface area (Å²) < 4.78 is 5.40. The molecule has 1 aliphatic rings. The molecule has 0 fully saturated rings. The van der Waals surface area contributed by atoms with Gasteiger partial charge in [-0.05, 0) is 5.41 Å². The third kappa shape index (κ3) is 4.05. The first kappa shape index (κ1) is 9.44. The van der Waals surface area contributed by atoms with E-state index in [0.29, 0.717) is 0 Å². The lowest BCUT2D eigenvalue weighted by Crippen LogP contribution is -2.25. The molecule has 1 N–H and O–H groups in total. The Balaban J connectivity index is 2.36. The molecule has 0 unspecified atom stereocenters. The van der Waals surface area contributed by atoms with Gasteiger partial charge in [-0.15, -0.1) is 4.68 Å². The number of hydrogen-bond acceptors (Lipinski definition) is 4. The van der Waals surface area contributed by atoms with E-state index >= 15 is 0 Å². The van der Waals surface area contributed by atoms with E-state index in [0.717, 1.165) is 0 Å². The second-order valence-electron chi connectivity index (χ2n) is 1.81. The van der Waals surface area contributed by atoms with Crippen LogP contribution in [0.4, 0.5) is 0 Å².